The van der Waals surface area contributed by atoms with Crippen molar-refractivity contribution in [2.75, 3.05) is 38.2 Å². The molecule has 5 heteroatoms. The third kappa shape index (κ3) is 5.95. The summed E-state index contributed by atoms with van der Waals surface area (Å²) in [6.45, 7) is 10.9. The molecule has 0 radical (unpaired) electrons. The summed E-state index contributed by atoms with van der Waals surface area (Å²) in [5, 5.41) is 4.12. The van der Waals surface area contributed by atoms with Crippen LogP contribution in [0.1, 0.15) is 27.2 Å². The van der Waals surface area contributed by atoms with Gasteiger partial charge in [-0.3, -0.25) is 9.89 Å². The van der Waals surface area contributed by atoms with Crippen molar-refractivity contribution in [3.63, 3.8) is 0 Å². The highest BCUT2D eigenvalue weighted by Crippen LogP contribution is 2.21. The van der Waals surface area contributed by atoms with Gasteiger partial charge in [0.1, 0.15) is 5.84 Å². The largest absolute Gasteiger partial charge is 0.379 e. The van der Waals surface area contributed by atoms with Crippen LogP contribution in [0.2, 0.25) is 5.02 Å². The molecule has 0 unspecified atom stereocenters. The van der Waals surface area contributed by atoms with Crippen molar-refractivity contribution in [2.45, 2.75) is 32.7 Å². The molecular weight excluding hydrogens is 298 g/mol. The topological polar surface area (TPSA) is 36.9 Å². The first kappa shape index (κ1) is 17.3. The van der Waals surface area contributed by atoms with Gasteiger partial charge in [-0.15, -0.1) is 0 Å². The number of benzene rings is 1. The second-order valence-corrected chi connectivity index (χ2v) is 6.95. The van der Waals surface area contributed by atoms with Gasteiger partial charge in [0.15, 0.2) is 0 Å². The molecule has 1 heterocycles. The predicted molar refractivity (Wildman–Crippen MR) is 94.1 cm³/mol. The Kier molecular flexibility index (Phi) is 6.24. The van der Waals surface area contributed by atoms with Crippen LogP contribution in [0.3, 0.4) is 0 Å². The van der Waals surface area contributed by atoms with E-state index in [1.54, 1.807) is 0 Å². The molecule has 1 fully saturated rings. The highest BCUT2D eigenvalue weighted by Gasteiger charge is 2.14. The number of morpholine rings is 1. The van der Waals surface area contributed by atoms with Crippen LogP contribution in [0.4, 0.5) is 5.69 Å². The molecule has 0 saturated carbocycles. The van der Waals surface area contributed by atoms with Crippen molar-refractivity contribution in [1.82, 2.24) is 4.90 Å². The fraction of sp³-hybridized carbons (Fsp3) is 0.588. The number of ether oxygens (including phenoxy) is 1. The number of nitrogens with one attached hydrogen (secondary N) is 1. The van der Waals surface area contributed by atoms with Crippen molar-refractivity contribution < 1.29 is 4.74 Å². The van der Waals surface area contributed by atoms with Crippen LogP contribution in [0.15, 0.2) is 29.3 Å². The van der Waals surface area contributed by atoms with Gasteiger partial charge in [0, 0.05) is 26.1 Å². The van der Waals surface area contributed by atoms with Crippen molar-refractivity contribution in [3.05, 3.63) is 29.3 Å². The average molecular weight is 324 g/mol. The zero-order valence-electron chi connectivity index (χ0n) is 13.7. The average Bonchev–Trinajstić information content (AvgIpc) is 2.47. The number of amidine groups is 1. The molecule has 1 aliphatic rings. The summed E-state index contributed by atoms with van der Waals surface area (Å²) < 4.78 is 5.39. The van der Waals surface area contributed by atoms with Gasteiger partial charge in [0.25, 0.3) is 0 Å². The van der Waals surface area contributed by atoms with Crippen molar-refractivity contribution in [3.8, 4) is 0 Å². The van der Waals surface area contributed by atoms with Gasteiger partial charge in [-0.1, -0.05) is 23.7 Å². The third-order valence-corrected chi connectivity index (χ3v) is 3.72. The van der Waals surface area contributed by atoms with Crippen LogP contribution in [0.5, 0.6) is 0 Å². The third-order valence-electron chi connectivity index (χ3n) is 3.39. The Balaban J connectivity index is 2.03. The molecule has 1 aromatic carbocycles. The maximum atomic E-state index is 6.24. The Bertz CT molecular complexity index is 505. The van der Waals surface area contributed by atoms with Gasteiger partial charge in [0.2, 0.25) is 0 Å². The number of anilines is 1. The lowest BCUT2D eigenvalue weighted by Gasteiger charge is -2.27. The van der Waals surface area contributed by atoms with Gasteiger partial charge in [-0.05, 0) is 32.9 Å². The molecule has 0 aromatic heterocycles. The number of nitrogens with zero attached hydrogens (tertiary/aromatic N) is 2. The molecule has 1 N–H and O–H groups in total. The van der Waals surface area contributed by atoms with E-state index in [1.165, 1.54) is 0 Å². The number of hydrogen-bond donors (Lipinski definition) is 1. The van der Waals surface area contributed by atoms with Crippen molar-refractivity contribution in [2.24, 2.45) is 4.99 Å². The fourth-order valence-electron chi connectivity index (χ4n) is 2.36. The van der Waals surface area contributed by atoms with Gasteiger partial charge >= 0.3 is 0 Å². The lowest BCUT2D eigenvalue weighted by molar-refractivity contribution is 0.0392. The first-order valence-electron chi connectivity index (χ1n) is 7.84. The second kappa shape index (κ2) is 7.95. The summed E-state index contributed by atoms with van der Waals surface area (Å²) >= 11 is 6.24. The quantitative estimate of drug-likeness (QED) is 0.678. The normalized spacial score (nSPS) is 17.5. The highest BCUT2D eigenvalue weighted by atomic mass is 35.5. The van der Waals surface area contributed by atoms with Crippen LogP contribution in [-0.2, 0) is 4.74 Å². The maximum absolute atomic E-state index is 6.24. The zero-order chi connectivity index (χ0) is 16.0. The van der Waals surface area contributed by atoms with E-state index < -0.39 is 0 Å². The minimum absolute atomic E-state index is 0.116. The molecule has 0 aliphatic carbocycles. The van der Waals surface area contributed by atoms with Gasteiger partial charge in [-0.2, -0.15) is 0 Å². The summed E-state index contributed by atoms with van der Waals surface area (Å²) in [6, 6.07) is 7.78. The minimum atomic E-state index is -0.116. The Labute approximate surface area is 138 Å². The fourth-order valence-corrected chi connectivity index (χ4v) is 2.54. The van der Waals surface area contributed by atoms with Crippen LogP contribution in [0.25, 0.3) is 0 Å². The summed E-state index contributed by atoms with van der Waals surface area (Å²) in [6.07, 6.45) is 0.877. The number of halogens is 1. The SMILES string of the molecule is CC(C)(C)N=C(CCN1CCOCC1)Nc1ccccc1Cl. The zero-order valence-corrected chi connectivity index (χ0v) is 14.5. The van der Waals surface area contributed by atoms with E-state index in [-0.39, 0.29) is 5.54 Å². The molecule has 4 nitrogen and oxygen atoms in total. The second-order valence-electron chi connectivity index (χ2n) is 6.54. The lowest BCUT2D eigenvalue weighted by Crippen LogP contribution is -2.38. The van der Waals surface area contributed by atoms with E-state index in [2.05, 4.69) is 31.0 Å². The number of para-hydroxylation sites is 1. The molecular formula is C17H26ClN3O. The number of aliphatic imine (C=N–C) groups is 1. The molecule has 1 aliphatic heterocycles. The molecule has 0 bridgehead atoms. The first-order valence-corrected chi connectivity index (χ1v) is 8.22. The van der Waals surface area contributed by atoms with Crippen LogP contribution in [0, 0.1) is 0 Å². The van der Waals surface area contributed by atoms with E-state index in [0.29, 0.717) is 0 Å². The van der Waals surface area contributed by atoms with E-state index in [9.17, 15) is 0 Å². The van der Waals surface area contributed by atoms with Crippen LogP contribution < -0.4 is 5.32 Å². The monoisotopic (exact) mass is 323 g/mol. The Morgan fingerprint density at radius 2 is 1.95 bits per heavy atom. The van der Waals surface area contributed by atoms with E-state index in [1.807, 2.05) is 24.3 Å². The predicted octanol–water partition coefficient (Wildman–Crippen LogP) is 3.67. The number of hydrogen-bond acceptors (Lipinski definition) is 3. The Morgan fingerprint density at radius 1 is 1.27 bits per heavy atom. The molecule has 1 aromatic rings. The molecule has 2 rings (SSSR count). The lowest BCUT2D eigenvalue weighted by atomic mass is 10.1. The Morgan fingerprint density at radius 3 is 2.59 bits per heavy atom. The molecule has 0 atom stereocenters. The van der Waals surface area contributed by atoms with Crippen LogP contribution in [-0.4, -0.2) is 49.1 Å². The molecule has 0 amide bonds. The smallest absolute Gasteiger partial charge is 0.103 e. The highest BCUT2D eigenvalue weighted by molar-refractivity contribution is 6.33. The standard InChI is InChI=1S/C17H26ClN3O/c1-17(2,3)20-16(8-9-21-10-12-22-13-11-21)19-15-7-5-4-6-14(15)18/h4-7H,8-13H2,1-3H3,(H,19,20). The van der Waals surface area contributed by atoms with Gasteiger partial charge in [-0.25, -0.2) is 0 Å². The van der Waals surface area contributed by atoms with Gasteiger partial charge in [0.05, 0.1) is 29.5 Å². The summed E-state index contributed by atoms with van der Waals surface area (Å²) in [7, 11) is 0. The summed E-state index contributed by atoms with van der Waals surface area (Å²) in [4.78, 5) is 7.23. The van der Waals surface area contributed by atoms with Crippen LogP contribution >= 0.6 is 11.6 Å². The maximum Gasteiger partial charge on any atom is 0.103 e. The molecule has 122 valence electrons. The van der Waals surface area contributed by atoms with Gasteiger partial charge < -0.3 is 10.1 Å². The van der Waals surface area contributed by atoms with Crippen molar-refractivity contribution >= 4 is 23.1 Å². The van der Waals surface area contributed by atoms with E-state index in [0.717, 1.165) is 55.8 Å². The van der Waals surface area contributed by atoms with Crippen molar-refractivity contribution in [1.29, 1.82) is 0 Å². The van der Waals surface area contributed by atoms with E-state index in [4.69, 9.17) is 21.3 Å². The Hall–Kier alpha value is -1.10. The molecule has 0 spiro atoms. The minimum Gasteiger partial charge on any atom is -0.379 e. The molecule has 22 heavy (non-hydrogen) atoms. The van der Waals surface area contributed by atoms with E-state index >= 15 is 0 Å². The number of rotatable bonds is 4. The molecule has 1 saturated heterocycles. The first-order chi connectivity index (χ1) is 10.4. The summed E-state index contributed by atoms with van der Waals surface area (Å²) in [5.41, 5.74) is 0.795. The summed E-state index contributed by atoms with van der Waals surface area (Å²) in [5.74, 6) is 0.979.